The maximum Gasteiger partial charge on any atom is 0.420 e. The van der Waals surface area contributed by atoms with Gasteiger partial charge in [-0.05, 0) is 80.0 Å². The topological polar surface area (TPSA) is 102 Å². The van der Waals surface area contributed by atoms with E-state index in [4.69, 9.17) is 4.74 Å². The summed E-state index contributed by atoms with van der Waals surface area (Å²) in [7, 11) is 3.50. The van der Waals surface area contributed by atoms with Gasteiger partial charge in [-0.1, -0.05) is 12.1 Å². The zero-order valence-electron chi connectivity index (χ0n) is 23.7. The van der Waals surface area contributed by atoms with Gasteiger partial charge in [0, 0.05) is 35.0 Å². The van der Waals surface area contributed by atoms with Crippen molar-refractivity contribution < 1.29 is 33.1 Å². The predicted molar refractivity (Wildman–Crippen MR) is 162 cm³/mol. The Bertz CT molecular complexity index is 1630. The zero-order chi connectivity index (χ0) is 30.0. The molecule has 12 heteroatoms. The van der Waals surface area contributed by atoms with Crippen LogP contribution in [-0.2, 0) is 6.54 Å². The number of aromatic nitrogens is 2. The maximum atomic E-state index is 14.4. The number of β-amino-alcohol motifs (C(OH)–C–C–N with tert-alkyl or cyclic N) is 1. The summed E-state index contributed by atoms with van der Waals surface area (Å²) in [6, 6.07) is 8.67. The van der Waals surface area contributed by atoms with E-state index in [2.05, 4.69) is 32.6 Å². The Morgan fingerprint density at radius 1 is 1.26 bits per heavy atom. The summed E-state index contributed by atoms with van der Waals surface area (Å²) in [5.41, 5.74) is -0.749. The van der Waals surface area contributed by atoms with Crippen LogP contribution < -0.4 is 9.64 Å². The number of hydrogen-bond acceptors (Lipinski definition) is 8. The molecule has 1 saturated heterocycles. The number of benzene rings is 2. The summed E-state index contributed by atoms with van der Waals surface area (Å²) in [4.78, 5) is 26.8. The molecule has 0 unspecified atom stereocenters. The fourth-order valence-electron chi connectivity index (χ4n) is 6.19. The number of nitrogens with zero attached hydrogens (tertiary/aromatic N) is 5. The Balaban J connectivity index is 1.36. The van der Waals surface area contributed by atoms with Gasteiger partial charge < -0.3 is 24.7 Å². The smallest absolute Gasteiger partial charge is 0.420 e. The highest BCUT2D eigenvalue weighted by Crippen LogP contribution is 2.60. The molecule has 3 heterocycles. The van der Waals surface area contributed by atoms with Crippen molar-refractivity contribution in [2.45, 2.75) is 44.3 Å². The lowest BCUT2D eigenvalue weighted by atomic mass is 9.95. The third-order valence-corrected chi connectivity index (χ3v) is 9.17. The van der Waals surface area contributed by atoms with Gasteiger partial charge in [0.25, 0.3) is 5.92 Å². The Morgan fingerprint density at radius 2 is 2.02 bits per heavy atom. The van der Waals surface area contributed by atoms with E-state index < -0.39 is 16.9 Å². The van der Waals surface area contributed by atoms with Crippen LogP contribution >= 0.6 is 22.6 Å². The summed E-state index contributed by atoms with van der Waals surface area (Å²) in [5, 5.41) is 22.7. The molecule has 1 aromatic heterocycles. The molecule has 3 aromatic rings. The predicted octanol–water partition coefficient (Wildman–Crippen LogP) is 4.04. The number of amides is 1. The van der Waals surface area contributed by atoms with Crippen LogP contribution in [0.2, 0.25) is 0 Å². The van der Waals surface area contributed by atoms with Crippen molar-refractivity contribution >= 4 is 51.3 Å². The van der Waals surface area contributed by atoms with E-state index >= 15 is 0 Å². The highest BCUT2D eigenvalue weighted by molar-refractivity contribution is 14.1. The second kappa shape index (κ2) is 10.3. The van der Waals surface area contributed by atoms with Gasteiger partial charge in [0.2, 0.25) is 0 Å². The molecule has 0 spiro atoms. The van der Waals surface area contributed by atoms with Gasteiger partial charge in [0.15, 0.2) is 12.8 Å². The van der Waals surface area contributed by atoms with Crippen LogP contribution in [0.15, 0.2) is 30.3 Å². The van der Waals surface area contributed by atoms with E-state index in [9.17, 15) is 23.8 Å². The highest BCUT2D eigenvalue weighted by Gasteiger charge is 2.71. The number of anilines is 1. The van der Waals surface area contributed by atoms with Gasteiger partial charge in [0.1, 0.15) is 35.0 Å². The van der Waals surface area contributed by atoms with Crippen molar-refractivity contribution in [2.75, 3.05) is 45.2 Å². The second-order valence-corrected chi connectivity index (χ2v) is 13.5. The van der Waals surface area contributed by atoms with E-state index in [-0.39, 0.29) is 43.8 Å². The van der Waals surface area contributed by atoms with Gasteiger partial charge in [0.05, 0.1) is 11.0 Å². The molecule has 222 valence electrons. The molecular weight excluding hydrogens is 659 g/mol. The lowest BCUT2D eigenvalue weighted by Crippen LogP contribution is -2.47. The first-order valence-corrected chi connectivity index (χ1v) is 15.0. The molecular formula is C30H33F2IN5O4+. The van der Waals surface area contributed by atoms with Gasteiger partial charge in [-0.25, -0.2) is 13.6 Å². The Kier molecular flexibility index (Phi) is 7.17. The van der Waals surface area contributed by atoms with E-state index in [1.165, 1.54) is 10.6 Å². The summed E-state index contributed by atoms with van der Waals surface area (Å²) < 4.78 is 37.1. The molecule has 42 heavy (non-hydrogen) atoms. The summed E-state index contributed by atoms with van der Waals surface area (Å²) in [6.07, 6.45) is 2.79. The number of piperidine rings is 1. The number of fused-ring (bicyclic) bond motifs is 2. The van der Waals surface area contributed by atoms with Gasteiger partial charge in [-0.15, -0.1) is 0 Å². The minimum Gasteiger partial charge on any atom is -0.508 e. The van der Waals surface area contributed by atoms with Crippen molar-refractivity contribution in [2.24, 2.45) is 5.41 Å². The van der Waals surface area contributed by atoms with Crippen molar-refractivity contribution in [3.8, 4) is 11.8 Å². The first-order chi connectivity index (χ1) is 19.8. The SMILES string of the molecule is CN(C)C[C@@]1(COc2nc3c(c(N4CCC[C@@](C)(O)C4)n2)C=[N+](C(=O)c2cc(O)cc4cccc(I)c24)C3)CC1(F)F. The van der Waals surface area contributed by atoms with E-state index in [0.29, 0.717) is 42.1 Å². The number of rotatable bonds is 7. The molecule has 0 radical (unpaired) electrons. The molecule has 1 aliphatic carbocycles. The number of halogens is 3. The highest BCUT2D eigenvalue weighted by atomic mass is 127. The number of phenolic OH excluding ortho intramolecular Hbond substituents is 1. The molecule has 2 aromatic carbocycles. The van der Waals surface area contributed by atoms with E-state index in [1.807, 2.05) is 23.1 Å². The Morgan fingerprint density at radius 3 is 2.71 bits per heavy atom. The van der Waals surface area contributed by atoms with Gasteiger partial charge >= 0.3 is 11.9 Å². The number of carbonyl (C=O) groups is 1. The average Bonchev–Trinajstić information content (AvgIpc) is 3.21. The standard InChI is InChI=1S/C30H32F2IN5O4/c1-28(41)8-5-9-37(15-28)25-21-12-38(26(40)20-11-19(39)10-18-6-4-7-22(33)24(18)20)13-23(21)34-27(35-25)42-17-29(16-36(2)3)14-30(29,31)32/h4,6-7,10-12,41H,5,8-9,13-17H2,1-3H3/p+1/t28-,29-/m1/s1. The number of ether oxygens (including phenoxy) is 1. The normalized spacial score (nSPS) is 24.6. The number of hydrogen-bond donors (Lipinski definition) is 2. The number of phenols is 1. The Hall–Kier alpha value is -2.97. The number of aliphatic hydroxyl groups is 1. The number of carbonyl (C=O) groups excluding carboxylic acids is 1. The molecule has 9 nitrogen and oxygen atoms in total. The molecule has 0 bridgehead atoms. The minimum absolute atomic E-state index is 0.0141. The largest absolute Gasteiger partial charge is 0.508 e. The second-order valence-electron chi connectivity index (χ2n) is 12.3. The van der Waals surface area contributed by atoms with E-state index in [1.54, 1.807) is 38.2 Å². The van der Waals surface area contributed by atoms with E-state index in [0.717, 1.165) is 20.8 Å². The molecule has 3 aliphatic rings. The third kappa shape index (κ3) is 5.32. The van der Waals surface area contributed by atoms with Crippen LogP contribution in [0.5, 0.6) is 11.8 Å². The summed E-state index contributed by atoms with van der Waals surface area (Å²) >= 11 is 2.18. The van der Waals surface area contributed by atoms with Crippen molar-refractivity contribution in [1.29, 1.82) is 0 Å². The van der Waals surface area contributed by atoms with Crippen molar-refractivity contribution in [3.63, 3.8) is 0 Å². The lowest BCUT2D eigenvalue weighted by Gasteiger charge is -2.37. The maximum absolute atomic E-state index is 14.4. The molecule has 6 rings (SSSR count). The summed E-state index contributed by atoms with van der Waals surface area (Å²) in [6.45, 7) is 2.75. The zero-order valence-corrected chi connectivity index (χ0v) is 25.9. The molecule has 2 N–H and O–H groups in total. The number of aromatic hydroxyl groups is 1. The van der Waals surface area contributed by atoms with Crippen LogP contribution in [-0.4, -0.2) is 93.6 Å². The molecule has 1 saturated carbocycles. The first kappa shape index (κ1) is 29.1. The molecule has 1 amide bonds. The van der Waals surface area contributed by atoms with Crippen molar-refractivity contribution in [3.05, 3.63) is 50.7 Å². The average molecular weight is 693 g/mol. The monoisotopic (exact) mass is 692 g/mol. The Labute approximate surface area is 256 Å². The minimum atomic E-state index is -2.83. The summed E-state index contributed by atoms with van der Waals surface area (Å²) in [5.74, 6) is -2.68. The quantitative estimate of drug-likeness (QED) is 0.283. The number of alkyl halides is 2. The molecule has 2 atom stereocenters. The lowest BCUT2D eigenvalue weighted by molar-refractivity contribution is -0.436. The van der Waals surface area contributed by atoms with Gasteiger partial charge in [-0.2, -0.15) is 14.5 Å². The van der Waals surface area contributed by atoms with Crippen LogP contribution in [0.3, 0.4) is 0 Å². The fourth-order valence-corrected chi connectivity index (χ4v) is 6.99. The molecule has 2 fully saturated rings. The fraction of sp³-hybridized carbons (Fsp3) is 0.467. The van der Waals surface area contributed by atoms with Crippen molar-refractivity contribution in [1.82, 2.24) is 14.9 Å². The molecule has 2 aliphatic heterocycles. The van der Waals surface area contributed by atoms with Crippen LogP contribution in [0.25, 0.3) is 10.8 Å². The first-order valence-electron chi connectivity index (χ1n) is 13.9. The van der Waals surface area contributed by atoms with Crippen LogP contribution in [0.4, 0.5) is 14.6 Å². The van der Waals surface area contributed by atoms with Gasteiger partial charge in [-0.3, -0.25) is 0 Å². The van der Waals surface area contributed by atoms with Crippen LogP contribution in [0, 0.1) is 8.99 Å². The van der Waals surface area contributed by atoms with Crippen LogP contribution in [0.1, 0.15) is 47.8 Å². The third-order valence-electron chi connectivity index (χ3n) is 8.27.